The van der Waals surface area contributed by atoms with Crippen molar-refractivity contribution in [1.82, 2.24) is 9.80 Å². The number of hydrogen-bond donors (Lipinski definition) is 1. The monoisotopic (exact) mass is 374 g/mol. The second-order valence-electron chi connectivity index (χ2n) is 6.38. The van der Waals surface area contributed by atoms with Gasteiger partial charge in [-0.1, -0.05) is 29.8 Å². The van der Waals surface area contributed by atoms with Crippen molar-refractivity contribution in [3.8, 4) is 5.75 Å². The summed E-state index contributed by atoms with van der Waals surface area (Å²) < 4.78 is 5.58. The maximum absolute atomic E-state index is 12.4. The van der Waals surface area contributed by atoms with Gasteiger partial charge in [-0.2, -0.15) is 0 Å². The number of carbonyl (C=O) groups excluding carboxylic acids is 1. The number of aliphatic hydroxyl groups is 1. The normalized spacial score (nSPS) is 16.3. The third-order valence-electron chi connectivity index (χ3n) is 4.41. The molecule has 5 nitrogen and oxygen atoms in total. The van der Waals surface area contributed by atoms with Gasteiger partial charge in [0, 0.05) is 43.3 Å². The van der Waals surface area contributed by atoms with E-state index in [-0.39, 0.29) is 12.5 Å². The first kappa shape index (κ1) is 18.7. The highest BCUT2D eigenvalue weighted by atomic mass is 35.5. The van der Waals surface area contributed by atoms with Crippen LogP contribution in [-0.4, -0.2) is 66.2 Å². The standard InChI is InChI=1S/C20H23ClN2O3/c21-17-6-8-19(9-7-17)26-15-18(24)14-22-10-12-23(13-11-22)20(25)16-4-2-1-3-5-16/h1-9,18,24H,10-15H2/t18-/m1/s1. The molecule has 0 aliphatic carbocycles. The summed E-state index contributed by atoms with van der Waals surface area (Å²) in [5, 5.41) is 10.9. The zero-order chi connectivity index (χ0) is 18.4. The number of ether oxygens (including phenoxy) is 1. The molecule has 0 bridgehead atoms. The van der Waals surface area contributed by atoms with Crippen LogP contribution < -0.4 is 4.74 Å². The number of hydrogen-bond acceptors (Lipinski definition) is 4. The molecule has 1 amide bonds. The predicted molar refractivity (Wildman–Crippen MR) is 102 cm³/mol. The van der Waals surface area contributed by atoms with Crippen molar-refractivity contribution in [2.75, 3.05) is 39.3 Å². The summed E-state index contributed by atoms with van der Waals surface area (Å²) in [6.07, 6.45) is -0.581. The van der Waals surface area contributed by atoms with Crippen LogP contribution in [0, 0.1) is 0 Å². The average Bonchev–Trinajstić information content (AvgIpc) is 2.68. The first-order valence-corrected chi connectivity index (χ1v) is 9.13. The van der Waals surface area contributed by atoms with Crippen LogP contribution in [0.4, 0.5) is 0 Å². The fraction of sp³-hybridized carbons (Fsp3) is 0.350. The van der Waals surface area contributed by atoms with E-state index in [0.29, 0.717) is 30.4 Å². The molecule has 0 aromatic heterocycles. The van der Waals surface area contributed by atoms with Gasteiger partial charge in [0.05, 0.1) is 0 Å². The van der Waals surface area contributed by atoms with E-state index in [0.717, 1.165) is 18.7 Å². The summed E-state index contributed by atoms with van der Waals surface area (Å²) in [7, 11) is 0. The van der Waals surface area contributed by atoms with Crippen LogP contribution in [-0.2, 0) is 0 Å². The van der Waals surface area contributed by atoms with E-state index in [1.54, 1.807) is 24.3 Å². The minimum absolute atomic E-state index is 0.0665. The number of carbonyl (C=O) groups is 1. The first-order chi connectivity index (χ1) is 12.6. The van der Waals surface area contributed by atoms with Crippen LogP contribution >= 0.6 is 11.6 Å². The lowest BCUT2D eigenvalue weighted by Crippen LogP contribution is -2.50. The van der Waals surface area contributed by atoms with Crippen LogP contribution in [0.2, 0.25) is 5.02 Å². The highest BCUT2D eigenvalue weighted by Gasteiger charge is 2.23. The van der Waals surface area contributed by atoms with Gasteiger partial charge in [0.1, 0.15) is 18.5 Å². The molecule has 1 saturated heterocycles. The van der Waals surface area contributed by atoms with Crippen molar-refractivity contribution in [3.63, 3.8) is 0 Å². The van der Waals surface area contributed by atoms with Crippen LogP contribution in [0.3, 0.4) is 0 Å². The molecule has 1 aliphatic rings. The van der Waals surface area contributed by atoms with Gasteiger partial charge in [-0.25, -0.2) is 0 Å². The Morgan fingerprint density at radius 1 is 1.04 bits per heavy atom. The predicted octanol–water partition coefficient (Wildman–Crippen LogP) is 2.54. The van der Waals surface area contributed by atoms with Gasteiger partial charge in [-0.05, 0) is 36.4 Å². The number of piperazine rings is 1. The van der Waals surface area contributed by atoms with Gasteiger partial charge >= 0.3 is 0 Å². The molecule has 2 aromatic carbocycles. The lowest BCUT2D eigenvalue weighted by Gasteiger charge is -2.35. The Hall–Kier alpha value is -2.08. The number of benzene rings is 2. The molecule has 0 radical (unpaired) electrons. The maximum atomic E-state index is 12.4. The molecule has 2 aromatic rings. The van der Waals surface area contributed by atoms with E-state index in [1.165, 1.54) is 0 Å². The number of amides is 1. The molecule has 3 rings (SSSR count). The van der Waals surface area contributed by atoms with Gasteiger partial charge in [-0.3, -0.25) is 9.69 Å². The van der Waals surface area contributed by atoms with Crippen molar-refractivity contribution in [2.45, 2.75) is 6.10 Å². The Kier molecular flexibility index (Phi) is 6.50. The molecular weight excluding hydrogens is 352 g/mol. The van der Waals surface area contributed by atoms with Crippen LogP contribution in [0.25, 0.3) is 0 Å². The second-order valence-corrected chi connectivity index (χ2v) is 6.81. The number of halogens is 1. The number of β-amino-alcohol motifs (C(OH)–C–C–N with tert-alkyl or cyclic N) is 1. The van der Waals surface area contributed by atoms with Crippen molar-refractivity contribution in [1.29, 1.82) is 0 Å². The smallest absolute Gasteiger partial charge is 0.253 e. The van der Waals surface area contributed by atoms with Crippen LogP contribution in [0.5, 0.6) is 5.75 Å². The van der Waals surface area contributed by atoms with E-state index in [4.69, 9.17) is 16.3 Å². The molecule has 1 N–H and O–H groups in total. The Labute approximate surface area is 158 Å². The average molecular weight is 375 g/mol. The molecule has 0 unspecified atom stereocenters. The molecule has 0 saturated carbocycles. The van der Waals surface area contributed by atoms with Crippen molar-refractivity contribution < 1.29 is 14.6 Å². The highest BCUT2D eigenvalue weighted by Crippen LogP contribution is 2.16. The van der Waals surface area contributed by atoms with Gasteiger partial charge in [0.25, 0.3) is 5.91 Å². The summed E-state index contributed by atoms with van der Waals surface area (Å²) >= 11 is 5.84. The van der Waals surface area contributed by atoms with Gasteiger partial charge in [0.2, 0.25) is 0 Å². The molecule has 26 heavy (non-hydrogen) atoms. The van der Waals surface area contributed by atoms with Crippen molar-refractivity contribution >= 4 is 17.5 Å². The number of rotatable bonds is 6. The van der Waals surface area contributed by atoms with Gasteiger partial charge in [-0.15, -0.1) is 0 Å². The molecule has 1 fully saturated rings. The fourth-order valence-corrected chi connectivity index (χ4v) is 3.10. The molecule has 0 spiro atoms. The number of aliphatic hydroxyl groups excluding tert-OH is 1. The largest absolute Gasteiger partial charge is 0.491 e. The Bertz CT molecular complexity index is 701. The summed E-state index contributed by atoms with van der Waals surface area (Å²) in [5.41, 5.74) is 0.720. The van der Waals surface area contributed by atoms with Crippen molar-refractivity contribution in [3.05, 3.63) is 65.2 Å². The topological polar surface area (TPSA) is 53.0 Å². The lowest BCUT2D eigenvalue weighted by atomic mass is 10.2. The summed E-state index contributed by atoms with van der Waals surface area (Å²) in [5.74, 6) is 0.753. The number of nitrogens with zero attached hydrogens (tertiary/aromatic N) is 2. The summed E-state index contributed by atoms with van der Waals surface area (Å²) in [6, 6.07) is 16.4. The van der Waals surface area contributed by atoms with Crippen LogP contribution in [0.1, 0.15) is 10.4 Å². The summed E-state index contributed by atoms with van der Waals surface area (Å²) in [6.45, 7) is 3.58. The van der Waals surface area contributed by atoms with E-state index < -0.39 is 6.10 Å². The molecule has 6 heteroatoms. The minimum atomic E-state index is -0.581. The minimum Gasteiger partial charge on any atom is -0.491 e. The van der Waals surface area contributed by atoms with Crippen LogP contribution in [0.15, 0.2) is 54.6 Å². The third kappa shape index (κ3) is 5.21. The Balaban J connectivity index is 1.40. The van der Waals surface area contributed by atoms with E-state index >= 15 is 0 Å². The highest BCUT2D eigenvalue weighted by molar-refractivity contribution is 6.30. The fourth-order valence-electron chi connectivity index (χ4n) is 2.97. The third-order valence-corrected chi connectivity index (χ3v) is 4.66. The molecular formula is C20H23ClN2O3. The molecule has 1 atom stereocenters. The van der Waals surface area contributed by atoms with Gasteiger partial charge < -0.3 is 14.7 Å². The Morgan fingerprint density at radius 2 is 1.69 bits per heavy atom. The Morgan fingerprint density at radius 3 is 2.35 bits per heavy atom. The molecule has 1 heterocycles. The van der Waals surface area contributed by atoms with E-state index in [1.807, 2.05) is 35.2 Å². The lowest BCUT2D eigenvalue weighted by molar-refractivity contribution is 0.0403. The maximum Gasteiger partial charge on any atom is 0.253 e. The van der Waals surface area contributed by atoms with Gasteiger partial charge in [0.15, 0.2) is 0 Å². The molecule has 1 aliphatic heterocycles. The molecule has 138 valence electrons. The van der Waals surface area contributed by atoms with E-state index in [9.17, 15) is 9.90 Å². The first-order valence-electron chi connectivity index (χ1n) is 8.75. The quantitative estimate of drug-likeness (QED) is 0.844. The van der Waals surface area contributed by atoms with Crippen molar-refractivity contribution in [2.24, 2.45) is 0 Å². The SMILES string of the molecule is O=C(c1ccccc1)N1CCN(C[C@@H](O)COc2ccc(Cl)cc2)CC1. The zero-order valence-electron chi connectivity index (χ0n) is 14.6. The second kappa shape index (κ2) is 9.03. The van der Waals surface area contributed by atoms with E-state index in [2.05, 4.69) is 4.90 Å². The zero-order valence-corrected chi connectivity index (χ0v) is 15.3. The summed E-state index contributed by atoms with van der Waals surface area (Å²) in [4.78, 5) is 16.5.